The fourth-order valence-corrected chi connectivity index (χ4v) is 5.65. The molecule has 0 bridgehead atoms. The lowest BCUT2D eigenvalue weighted by molar-refractivity contribution is 0.000500. The molecule has 0 spiro atoms. The number of aliphatic hydroxyl groups is 1. The summed E-state index contributed by atoms with van der Waals surface area (Å²) in [6.45, 7) is 4.14. The number of rotatable bonds is 11. The van der Waals surface area contributed by atoms with Gasteiger partial charge in [0.15, 0.2) is 5.65 Å². The van der Waals surface area contributed by atoms with E-state index in [2.05, 4.69) is 56.3 Å². The van der Waals surface area contributed by atoms with Gasteiger partial charge < -0.3 is 24.3 Å². The Morgan fingerprint density at radius 2 is 1.66 bits per heavy atom. The number of nitrogens with one attached hydrogen (secondary N) is 1. The van der Waals surface area contributed by atoms with Gasteiger partial charge in [-0.25, -0.2) is 9.78 Å². The Bertz CT molecular complexity index is 1770. The van der Waals surface area contributed by atoms with Crippen LogP contribution < -0.4 is 4.74 Å². The predicted octanol–water partition coefficient (Wildman–Crippen LogP) is 6.62. The van der Waals surface area contributed by atoms with E-state index in [1.807, 2.05) is 12.1 Å². The fourth-order valence-electron chi connectivity index (χ4n) is 5.20. The summed E-state index contributed by atoms with van der Waals surface area (Å²) in [5.41, 5.74) is 6.18. The smallest absolute Gasteiger partial charge is 0.339 e. The van der Waals surface area contributed by atoms with E-state index in [0.717, 1.165) is 36.3 Å². The van der Waals surface area contributed by atoms with E-state index in [9.17, 15) is 4.79 Å². The summed E-state index contributed by atoms with van der Waals surface area (Å²) in [4.78, 5) is 26.6. The number of carbonyl (C=O) groups is 1. The van der Waals surface area contributed by atoms with Crippen molar-refractivity contribution >= 4 is 40.3 Å². The average Bonchev–Trinajstić information content (AvgIpc) is 3.41. The summed E-state index contributed by atoms with van der Waals surface area (Å²) in [5, 5.41) is 9.57. The molecule has 1 aliphatic heterocycles. The van der Waals surface area contributed by atoms with E-state index in [4.69, 9.17) is 42.5 Å². The molecule has 0 radical (unpaired) electrons. The van der Waals surface area contributed by atoms with Gasteiger partial charge in [0.05, 0.1) is 53.7 Å². The first kappa shape index (κ1) is 30.1. The highest BCUT2D eigenvalue weighted by atomic mass is 35.5. The zero-order valence-electron chi connectivity index (χ0n) is 23.9. The molecule has 0 unspecified atom stereocenters. The van der Waals surface area contributed by atoms with Crippen molar-refractivity contribution in [1.82, 2.24) is 19.9 Å². The molecule has 11 heteroatoms. The van der Waals surface area contributed by atoms with Gasteiger partial charge in [-0.05, 0) is 41.0 Å². The maximum Gasteiger partial charge on any atom is 0.339 e. The number of nitrogens with zero attached hydrogens (tertiary/aromatic N) is 3. The number of hydrogen-bond donors (Lipinski definition) is 2. The van der Waals surface area contributed by atoms with Gasteiger partial charge in [-0.1, -0.05) is 71.7 Å². The topological polar surface area (TPSA) is 110 Å². The Balaban J connectivity index is 1.11. The number of imidazole rings is 1. The minimum Gasteiger partial charge on any atom is -0.465 e. The zero-order valence-corrected chi connectivity index (χ0v) is 25.4. The molecule has 5 aromatic rings. The molecule has 2 aromatic heterocycles. The highest BCUT2D eigenvalue weighted by molar-refractivity contribution is 6.34. The van der Waals surface area contributed by atoms with E-state index >= 15 is 0 Å². The normalized spacial score (nSPS) is 13.6. The molecular formula is C33H30Cl2N4O5. The number of aromatic amines is 1. The molecule has 0 saturated carbocycles. The number of carbonyl (C=O) groups excluding carboxylic acids is 1. The summed E-state index contributed by atoms with van der Waals surface area (Å²) in [7, 11) is 1.29. The third-order valence-electron chi connectivity index (χ3n) is 7.44. The van der Waals surface area contributed by atoms with Crippen LogP contribution in [0.15, 0.2) is 72.8 Å². The Morgan fingerprint density at radius 3 is 2.36 bits per heavy atom. The number of esters is 1. The summed E-state index contributed by atoms with van der Waals surface area (Å²) in [6.07, 6.45) is 0. The van der Waals surface area contributed by atoms with Crippen LogP contribution in [-0.4, -0.2) is 70.9 Å². The number of pyridine rings is 1. The minimum absolute atomic E-state index is 0.0727. The van der Waals surface area contributed by atoms with Crippen molar-refractivity contribution in [1.29, 1.82) is 0 Å². The number of H-pyrrole nitrogens is 1. The lowest BCUT2D eigenvalue weighted by atomic mass is 9.98. The molecule has 0 aliphatic carbocycles. The second kappa shape index (κ2) is 13.3. The van der Waals surface area contributed by atoms with Crippen LogP contribution in [0.4, 0.5) is 0 Å². The third-order valence-corrected chi connectivity index (χ3v) is 8.05. The molecule has 3 aromatic carbocycles. The van der Waals surface area contributed by atoms with Gasteiger partial charge in [0.25, 0.3) is 0 Å². The molecule has 6 rings (SSSR count). The number of aliphatic hydroxyl groups excluding tert-OH is 1. The number of halogens is 2. The molecule has 3 heterocycles. The molecule has 0 amide bonds. The van der Waals surface area contributed by atoms with Crippen molar-refractivity contribution in [2.24, 2.45) is 5.92 Å². The Hall–Kier alpha value is -3.99. The second-order valence-corrected chi connectivity index (χ2v) is 11.4. The third kappa shape index (κ3) is 6.72. The van der Waals surface area contributed by atoms with Gasteiger partial charge in [0.2, 0.25) is 0 Å². The van der Waals surface area contributed by atoms with Crippen molar-refractivity contribution in [3.8, 4) is 34.1 Å². The molecule has 2 N–H and O–H groups in total. The molecule has 0 atom stereocenters. The van der Waals surface area contributed by atoms with Crippen LogP contribution in [0.1, 0.15) is 15.9 Å². The van der Waals surface area contributed by atoms with Crippen molar-refractivity contribution < 1.29 is 24.1 Å². The number of benzene rings is 3. The standard InChI is InChI=1S/C33H30Cl2N4O5/c1-42-32(41)26-14-25(10-11-27(26)34)44-33-36-29-15-28(35)30(37-31(29)38-33)24-8-6-23(7-9-24)22-4-2-20(3-5-22)16-39-17-21(18-39)19-43-13-12-40/h2-11,14-15,21,40H,12-13,16-19H2,1H3,(H,36,37,38). The second-order valence-electron chi connectivity index (χ2n) is 10.6. The lowest BCUT2D eigenvalue weighted by Crippen LogP contribution is -2.48. The Kier molecular flexibility index (Phi) is 9.11. The van der Waals surface area contributed by atoms with Crippen molar-refractivity contribution in [2.75, 3.05) is 40.0 Å². The maximum atomic E-state index is 12.0. The van der Waals surface area contributed by atoms with Gasteiger partial charge in [-0.2, -0.15) is 4.98 Å². The number of methoxy groups -OCH3 is 1. The van der Waals surface area contributed by atoms with Crippen LogP contribution in [0, 0.1) is 5.92 Å². The van der Waals surface area contributed by atoms with Crippen LogP contribution in [0.25, 0.3) is 33.5 Å². The quantitative estimate of drug-likeness (QED) is 0.123. The highest BCUT2D eigenvalue weighted by Gasteiger charge is 2.26. The summed E-state index contributed by atoms with van der Waals surface area (Å²) < 4.78 is 16.0. The Labute approximate surface area is 264 Å². The van der Waals surface area contributed by atoms with Gasteiger partial charge in [0, 0.05) is 31.1 Å². The largest absolute Gasteiger partial charge is 0.465 e. The first-order valence-electron chi connectivity index (χ1n) is 14.1. The average molecular weight is 634 g/mol. The van der Waals surface area contributed by atoms with Gasteiger partial charge in [0.1, 0.15) is 5.75 Å². The maximum absolute atomic E-state index is 12.0. The van der Waals surface area contributed by atoms with Gasteiger partial charge >= 0.3 is 12.0 Å². The molecule has 1 aliphatic rings. The molecule has 44 heavy (non-hydrogen) atoms. The SMILES string of the molecule is COC(=O)c1cc(Oc2nc3nc(-c4ccc(-c5ccc(CN6CC(COCCO)C6)cc5)cc4)c(Cl)cc3[nH]2)ccc1Cl. The number of hydrogen-bond acceptors (Lipinski definition) is 8. The van der Waals surface area contributed by atoms with Crippen LogP contribution in [-0.2, 0) is 16.0 Å². The highest BCUT2D eigenvalue weighted by Crippen LogP contribution is 2.33. The van der Waals surface area contributed by atoms with Crippen molar-refractivity contribution in [3.05, 3.63) is 94.0 Å². The number of fused-ring (bicyclic) bond motifs is 1. The molecule has 1 fully saturated rings. The first-order chi connectivity index (χ1) is 21.4. The summed E-state index contributed by atoms with van der Waals surface area (Å²) in [6, 6.07) is 23.3. The van der Waals surface area contributed by atoms with E-state index < -0.39 is 5.97 Å². The number of likely N-dealkylation sites (tertiary alicyclic amines) is 1. The molecule has 1 saturated heterocycles. The van der Waals surface area contributed by atoms with Crippen LogP contribution in [0.3, 0.4) is 0 Å². The Morgan fingerprint density at radius 1 is 0.955 bits per heavy atom. The van der Waals surface area contributed by atoms with Crippen LogP contribution in [0.2, 0.25) is 10.0 Å². The minimum atomic E-state index is -0.565. The van der Waals surface area contributed by atoms with Gasteiger partial charge in [-0.15, -0.1) is 0 Å². The lowest BCUT2D eigenvalue weighted by Gasteiger charge is -2.39. The van der Waals surface area contributed by atoms with E-state index in [1.165, 1.54) is 18.7 Å². The van der Waals surface area contributed by atoms with Gasteiger partial charge in [-0.3, -0.25) is 4.90 Å². The van der Waals surface area contributed by atoms with E-state index in [1.54, 1.807) is 18.2 Å². The van der Waals surface area contributed by atoms with E-state index in [-0.39, 0.29) is 23.2 Å². The molecule has 9 nitrogen and oxygen atoms in total. The monoisotopic (exact) mass is 632 g/mol. The van der Waals surface area contributed by atoms with Crippen molar-refractivity contribution in [2.45, 2.75) is 6.54 Å². The van der Waals surface area contributed by atoms with Crippen molar-refractivity contribution in [3.63, 3.8) is 0 Å². The van der Waals surface area contributed by atoms with Crippen LogP contribution in [0.5, 0.6) is 11.8 Å². The fraction of sp³-hybridized carbons (Fsp3) is 0.242. The summed E-state index contributed by atoms with van der Waals surface area (Å²) in [5.74, 6) is 0.340. The predicted molar refractivity (Wildman–Crippen MR) is 169 cm³/mol. The first-order valence-corrected chi connectivity index (χ1v) is 14.9. The summed E-state index contributed by atoms with van der Waals surface area (Å²) >= 11 is 12.7. The number of ether oxygens (including phenoxy) is 3. The zero-order chi connectivity index (χ0) is 30.6. The van der Waals surface area contributed by atoms with Crippen LogP contribution >= 0.6 is 23.2 Å². The van der Waals surface area contributed by atoms with E-state index in [0.29, 0.717) is 46.8 Å². The molecular weight excluding hydrogens is 603 g/mol. The number of aromatic nitrogens is 3. The molecule has 226 valence electrons.